The van der Waals surface area contributed by atoms with Gasteiger partial charge in [-0.3, -0.25) is 4.79 Å². The summed E-state index contributed by atoms with van der Waals surface area (Å²) in [6, 6.07) is 4.24. The smallest absolute Gasteiger partial charge is 0.323 e. The molecule has 0 aliphatic heterocycles. The van der Waals surface area contributed by atoms with Gasteiger partial charge in [0.25, 0.3) is 0 Å². The Morgan fingerprint density at radius 1 is 1.38 bits per heavy atom. The third-order valence-corrected chi connectivity index (χ3v) is 3.02. The molecule has 0 aliphatic carbocycles. The molecule has 0 radical (unpaired) electrons. The average molecular weight is 297 g/mol. The van der Waals surface area contributed by atoms with E-state index in [2.05, 4.69) is 5.32 Å². The van der Waals surface area contributed by atoms with Crippen LogP contribution in [0.4, 0.5) is 4.39 Å². The van der Waals surface area contributed by atoms with Gasteiger partial charge >= 0.3 is 5.97 Å². The zero-order valence-electron chi connectivity index (χ0n) is 12.9. The highest BCUT2D eigenvalue weighted by Crippen LogP contribution is 2.16. The summed E-state index contributed by atoms with van der Waals surface area (Å²) in [7, 11) is 0. The number of ether oxygens (including phenoxy) is 2. The van der Waals surface area contributed by atoms with Crippen LogP contribution in [0.2, 0.25) is 0 Å². The SMILES string of the molecule is CCCNC(CCOc1ccc(F)c(C)c1)C(=O)OCC. The summed E-state index contributed by atoms with van der Waals surface area (Å²) in [6.07, 6.45) is 1.45. The normalized spacial score (nSPS) is 12.0. The number of nitrogens with one attached hydrogen (secondary N) is 1. The maximum atomic E-state index is 13.2. The molecule has 1 unspecified atom stereocenters. The molecule has 4 nitrogen and oxygen atoms in total. The fraction of sp³-hybridized carbons (Fsp3) is 0.562. The number of rotatable bonds is 9. The zero-order chi connectivity index (χ0) is 15.7. The third-order valence-electron chi connectivity index (χ3n) is 3.02. The Morgan fingerprint density at radius 3 is 2.76 bits per heavy atom. The predicted octanol–water partition coefficient (Wildman–Crippen LogP) is 2.83. The maximum absolute atomic E-state index is 13.2. The second-order valence-corrected chi connectivity index (χ2v) is 4.81. The summed E-state index contributed by atoms with van der Waals surface area (Å²) in [5.41, 5.74) is 0.540. The predicted molar refractivity (Wildman–Crippen MR) is 80.0 cm³/mol. The van der Waals surface area contributed by atoms with Crippen LogP contribution in [0.3, 0.4) is 0 Å². The van der Waals surface area contributed by atoms with Gasteiger partial charge in [0, 0.05) is 6.42 Å². The second-order valence-electron chi connectivity index (χ2n) is 4.81. The Morgan fingerprint density at radius 2 is 2.14 bits per heavy atom. The monoisotopic (exact) mass is 297 g/mol. The molecule has 1 N–H and O–H groups in total. The Labute approximate surface area is 125 Å². The number of benzene rings is 1. The summed E-state index contributed by atoms with van der Waals surface area (Å²) in [4.78, 5) is 11.8. The maximum Gasteiger partial charge on any atom is 0.323 e. The van der Waals surface area contributed by atoms with Gasteiger partial charge in [0.2, 0.25) is 0 Å². The van der Waals surface area contributed by atoms with Crippen molar-refractivity contribution in [3.8, 4) is 5.75 Å². The van der Waals surface area contributed by atoms with Crippen LogP contribution in [0.25, 0.3) is 0 Å². The molecule has 1 aromatic carbocycles. The van der Waals surface area contributed by atoms with Crippen LogP contribution in [-0.2, 0) is 9.53 Å². The van der Waals surface area contributed by atoms with Crippen molar-refractivity contribution < 1.29 is 18.7 Å². The van der Waals surface area contributed by atoms with Crippen LogP contribution in [0.5, 0.6) is 5.75 Å². The van der Waals surface area contributed by atoms with E-state index in [1.807, 2.05) is 6.92 Å². The molecule has 0 fully saturated rings. The zero-order valence-corrected chi connectivity index (χ0v) is 12.9. The van der Waals surface area contributed by atoms with Crippen LogP contribution < -0.4 is 10.1 Å². The van der Waals surface area contributed by atoms with E-state index in [1.165, 1.54) is 6.07 Å². The standard InChI is InChI=1S/C16H24FNO3/c1-4-9-18-15(16(19)20-5-2)8-10-21-13-6-7-14(17)12(3)11-13/h6-7,11,15,18H,4-5,8-10H2,1-3H3. The summed E-state index contributed by atoms with van der Waals surface area (Å²) in [6.45, 7) is 6.98. The highest BCUT2D eigenvalue weighted by molar-refractivity contribution is 5.75. The number of esters is 1. The van der Waals surface area contributed by atoms with Gasteiger partial charge in [0.15, 0.2) is 0 Å². The molecule has 1 aromatic rings. The molecule has 0 amide bonds. The molecule has 118 valence electrons. The first-order chi connectivity index (χ1) is 10.1. The molecule has 21 heavy (non-hydrogen) atoms. The van der Waals surface area contributed by atoms with Gasteiger partial charge in [-0.25, -0.2) is 4.39 Å². The van der Waals surface area contributed by atoms with Gasteiger partial charge in [-0.1, -0.05) is 6.92 Å². The van der Waals surface area contributed by atoms with Gasteiger partial charge < -0.3 is 14.8 Å². The molecule has 1 rings (SSSR count). The van der Waals surface area contributed by atoms with Gasteiger partial charge in [-0.2, -0.15) is 0 Å². The number of halogens is 1. The van der Waals surface area contributed by atoms with Crippen LogP contribution in [0.1, 0.15) is 32.3 Å². The number of hydrogen-bond donors (Lipinski definition) is 1. The van der Waals surface area contributed by atoms with E-state index in [0.717, 1.165) is 13.0 Å². The number of aryl methyl sites for hydroxylation is 1. The van der Waals surface area contributed by atoms with Crippen molar-refractivity contribution in [3.63, 3.8) is 0 Å². The quantitative estimate of drug-likeness (QED) is 0.712. The lowest BCUT2D eigenvalue weighted by Crippen LogP contribution is -2.39. The van der Waals surface area contributed by atoms with E-state index < -0.39 is 0 Å². The molecule has 0 heterocycles. The Kier molecular flexibility index (Phi) is 7.75. The van der Waals surface area contributed by atoms with E-state index in [4.69, 9.17) is 9.47 Å². The molecule has 5 heteroatoms. The summed E-state index contributed by atoms with van der Waals surface area (Å²) < 4.78 is 23.8. The van der Waals surface area contributed by atoms with E-state index in [1.54, 1.807) is 26.0 Å². The Balaban J connectivity index is 2.47. The van der Waals surface area contributed by atoms with Crippen molar-refractivity contribution in [2.24, 2.45) is 0 Å². The molecule has 1 atom stereocenters. The fourth-order valence-corrected chi connectivity index (χ4v) is 1.87. The minimum Gasteiger partial charge on any atom is -0.494 e. The van der Waals surface area contributed by atoms with Crippen LogP contribution in [0.15, 0.2) is 18.2 Å². The van der Waals surface area contributed by atoms with E-state index >= 15 is 0 Å². The lowest BCUT2D eigenvalue weighted by Gasteiger charge is -2.17. The topological polar surface area (TPSA) is 47.6 Å². The number of hydrogen-bond acceptors (Lipinski definition) is 4. The molecule has 0 saturated carbocycles. The van der Waals surface area contributed by atoms with Crippen molar-refractivity contribution in [3.05, 3.63) is 29.6 Å². The van der Waals surface area contributed by atoms with Crippen LogP contribution in [-0.4, -0.2) is 31.8 Å². The summed E-state index contributed by atoms with van der Waals surface area (Å²) in [5.74, 6) is 0.0909. The van der Waals surface area contributed by atoms with Crippen molar-refractivity contribution >= 4 is 5.97 Å². The molecule has 0 aromatic heterocycles. The van der Waals surface area contributed by atoms with Crippen LogP contribution >= 0.6 is 0 Å². The minimum atomic E-state index is -0.369. The third kappa shape index (κ3) is 6.12. The van der Waals surface area contributed by atoms with Crippen molar-refractivity contribution in [1.29, 1.82) is 0 Å². The van der Waals surface area contributed by atoms with Gasteiger partial charge in [0.1, 0.15) is 17.6 Å². The first kappa shape index (κ1) is 17.4. The number of carbonyl (C=O) groups excluding carboxylic acids is 1. The van der Waals surface area contributed by atoms with E-state index in [0.29, 0.717) is 30.9 Å². The second kappa shape index (κ2) is 9.34. The Bertz CT molecular complexity index is 451. The van der Waals surface area contributed by atoms with E-state index in [9.17, 15) is 9.18 Å². The molecule has 0 bridgehead atoms. The van der Waals surface area contributed by atoms with Gasteiger partial charge in [-0.15, -0.1) is 0 Å². The van der Waals surface area contributed by atoms with Crippen molar-refractivity contribution in [2.45, 2.75) is 39.7 Å². The molecular weight excluding hydrogens is 273 g/mol. The molecule has 0 spiro atoms. The van der Waals surface area contributed by atoms with Crippen molar-refractivity contribution in [2.75, 3.05) is 19.8 Å². The minimum absolute atomic E-state index is 0.253. The van der Waals surface area contributed by atoms with E-state index in [-0.39, 0.29) is 17.8 Å². The fourth-order valence-electron chi connectivity index (χ4n) is 1.87. The summed E-state index contributed by atoms with van der Waals surface area (Å²) >= 11 is 0. The van der Waals surface area contributed by atoms with Gasteiger partial charge in [-0.05, 0) is 50.6 Å². The first-order valence-corrected chi connectivity index (χ1v) is 7.37. The van der Waals surface area contributed by atoms with Gasteiger partial charge in [0.05, 0.1) is 13.2 Å². The average Bonchev–Trinajstić information content (AvgIpc) is 2.46. The lowest BCUT2D eigenvalue weighted by molar-refractivity contribution is -0.146. The molecule has 0 saturated heterocycles. The lowest BCUT2D eigenvalue weighted by atomic mass is 10.2. The summed E-state index contributed by atoms with van der Waals surface area (Å²) in [5, 5.41) is 3.15. The number of carbonyl (C=O) groups is 1. The van der Waals surface area contributed by atoms with Crippen LogP contribution in [0, 0.1) is 12.7 Å². The Hall–Kier alpha value is -1.62. The first-order valence-electron chi connectivity index (χ1n) is 7.37. The molecular formula is C16H24FNO3. The molecule has 0 aliphatic rings. The largest absolute Gasteiger partial charge is 0.494 e. The van der Waals surface area contributed by atoms with Crippen molar-refractivity contribution in [1.82, 2.24) is 5.32 Å². The highest BCUT2D eigenvalue weighted by Gasteiger charge is 2.18. The highest BCUT2D eigenvalue weighted by atomic mass is 19.1.